The number of ether oxygens (including phenoxy) is 1. The molecule has 1 saturated heterocycles. The van der Waals surface area contributed by atoms with Crippen molar-refractivity contribution in [2.24, 2.45) is 5.92 Å². The molecule has 0 aromatic carbocycles. The lowest BCUT2D eigenvalue weighted by atomic mass is 9.99. The van der Waals surface area contributed by atoms with E-state index in [9.17, 15) is 4.79 Å². The minimum atomic E-state index is -0.0152. The second-order valence-electron chi connectivity index (χ2n) is 3.35. The van der Waals surface area contributed by atoms with Crippen molar-refractivity contribution in [1.82, 2.24) is 0 Å². The van der Waals surface area contributed by atoms with E-state index in [1.54, 1.807) is 0 Å². The molecule has 1 unspecified atom stereocenters. The van der Waals surface area contributed by atoms with Gasteiger partial charge in [-0.15, -0.1) is 0 Å². The molecule has 11 heavy (non-hydrogen) atoms. The van der Waals surface area contributed by atoms with E-state index in [-0.39, 0.29) is 12.1 Å². The van der Waals surface area contributed by atoms with Gasteiger partial charge in [0.2, 0.25) is 0 Å². The van der Waals surface area contributed by atoms with Crippen molar-refractivity contribution >= 4 is 5.97 Å². The zero-order chi connectivity index (χ0) is 8.27. The molecule has 0 bridgehead atoms. The number of hydrogen-bond acceptors (Lipinski definition) is 2. The molecule has 1 rings (SSSR count). The standard InChI is InChI=1S/C9H16O2/c1-3-4-5-8-7(2)6-9(10)11-8/h7-8H,3-6H2,1-2H3/t7-,8?/m0/s1. The Labute approximate surface area is 67.9 Å². The highest BCUT2D eigenvalue weighted by atomic mass is 16.5. The van der Waals surface area contributed by atoms with Gasteiger partial charge in [0.1, 0.15) is 6.10 Å². The average Bonchev–Trinajstić information content (AvgIpc) is 2.26. The number of unbranched alkanes of at least 4 members (excludes halogenated alkanes) is 1. The third kappa shape index (κ3) is 2.21. The van der Waals surface area contributed by atoms with Crippen molar-refractivity contribution in [2.75, 3.05) is 0 Å². The number of carbonyl (C=O) groups excluding carboxylic acids is 1. The Morgan fingerprint density at radius 2 is 2.36 bits per heavy atom. The topological polar surface area (TPSA) is 26.3 Å². The second kappa shape index (κ2) is 3.74. The van der Waals surface area contributed by atoms with Crippen LogP contribution in [0.2, 0.25) is 0 Å². The van der Waals surface area contributed by atoms with E-state index in [0.29, 0.717) is 12.3 Å². The number of rotatable bonds is 3. The zero-order valence-electron chi connectivity index (χ0n) is 7.30. The summed E-state index contributed by atoms with van der Waals surface area (Å²) in [4.78, 5) is 10.8. The van der Waals surface area contributed by atoms with Gasteiger partial charge in [-0.25, -0.2) is 0 Å². The Morgan fingerprint density at radius 1 is 1.64 bits per heavy atom. The Bertz CT molecular complexity index is 142. The first kappa shape index (κ1) is 8.57. The van der Waals surface area contributed by atoms with Gasteiger partial charge in [0.05, 0.1) is 6.42 Å². The van der Waals surface area contributed by atoms with Gasteiger partial charge in [0, 0.05) is 5.92 Å². The molecule has 0 aromatic heterocycles. The summed E-state index contributed by atoms with van der Waals surface area (Å²) in [5.41, 5.74) is 0. The van der Waals surface area contributed by atoms with Crippen LogP contribution in [0.25, 0.3) is 0 Å². The third-order valence-corrected chi connectivity index (χ3v) is 2.25. The maximum Gasteiger partial charge on any atom is 0.306 e. The third-order valence-electron chi connectivity index (χ3n) is 2.25. The molecule has 0 radical (unpaired) electrons. The van der Waals surface area contributed by atoms with E-state index in [4.69, 9.17) is 4.74 Å². The summed E-state index contributed by atoms with van der Waals surface area (Å²) in [7, 11) is 0. The van der Waals surface area contributed by atoms with E-state index in [0.717, 1.165) is 6.42 Å². The van der Waals surface area contributed by atoms with Gasteiger partial charge in [-0.3, -0.25) is 4.79 Å². The monoisotopic (exact) mass is 156 g/mol. The molecule has 0 aromatic rings. The molecular weight excluding hydrogens is 140 g/mol. The molecule has 2 nitrogen and oxygen atoms in total. The van der Waals surface area contributed by atoms with Crippen molar-refractivity contribution < 1.29 is 9.53 Å². The summed E-state index contributed by atoms with van der Waals surface area (Å²) in [5, 5.41) is 0. The number of carbonyl (C=O) groups is 1. The molecule has 1 fully saturated rings. The van der Waals surface area contributed by atoms with Gasteiger partial charge in [-0.1, -0.05) is 26.7 Å². The van der Waals surface area contributed by atoms with Gasteiger partial charge >= 0.3 is 5.97 Å². The highest BCUT2D eigenvalue weighted by Gasteiger charge is 2.30. The molecule has 1 heterocycles. The smallest absolute Gasteiger partial charge is 0.306 e. The fourth-order valence-electron chi connectivity index (χ4n) is 1.48. The first-order valence-corrected chi connectivity index (χ1v) is 4.43. The molecule has 1 aliphatic heterocycles. The Kier molecular flexibility index (Phi) is 2.92. The van der Waals surface area contributed by atoms with Crippen molar-refractivity contribution in [1.29, 1.82) is 0 Å². The minimum Gasteiger partial charge on any atom is -0.462 e. The lowest BCUT2D eigenvalue weighted by Gasteiger charge is -2.11. The van der Waals surface area contributed by atoms with Gasteiger partial charge in [0.15, 0.2) is 0 Å². The summed E-state index contributed by atoms with van der Waals surface area (Å²) in [5.74, 6) is 0.424. The molecule has 0 spiro atoms. The lowest BCUT2D eigenvalue weighted by Crippen LogP contribution is -2.12. The van der Waals surface area contributed by atoms with E-state index < -0.39 is 0 Å². The molecule has 0 N–H and O–H groups in total. The molecule has 0 saturated carbocycles. The summed E-state index contributed by atoms with van der Waals surface area (Å²) in [6, 6.07) is 0. The summed E-state index contributed by atoms with van der Waals surface area (Å²) in [6.45, 7) is 4.24. The Hall–Kier alpha value is -0.530. The van der Waals surface area contributed by atoms with Crippen LogP contribution in [0.5, 0.6) is 0 Å². The van der Waals surface area contributed by atoms with Crippen LogP contribution >= 0.6 is 0 Å². The van der Waals surface area contributed by atoms with Gasteiger partial charge in [-0.2, -0.15) is 0 Å². The zero-order valence-corrected chi connectivity index (χ0v) is 7.30. The largest absolute Gasteiger partial charge is 0.462 e. The number of esters is 1. The SMILES string of the molecule is CCCCC1OC(=O)C[C@@H]1C. The minimum absolute atomic E-state index is 0.0152. The normalized spacial score (nSPS) is 30.5. The maximum atomic E-state index is 10.8. The highest BCUT2D eigenvalue weighted by Crippen LogP contribution is 2.25. The quantitative estimate of drug-likeness (QED) is 0.585. The first-order valence-electron chi connectivity index (χ1n) is 4.43. The van der Waals surface area contributed by atoms with E-state index >= 15 is 0 Å². The van der Waals surface area contributed by atoms with Gasteiger partial charge in [0.25, 0.3) is 0 Å². The average molecular weight is 156 g/mol. The van der Waals surface area contributed by atoms with Crippen LogP contribution in [0.3, 0.4) is 0 Å². The van der Waals surface area contributed by atoms with E-state index in [1.165, 1.54) is 12.8 Å². The van der Waals surface area contributed by atoms with Gasteiger partial charge in [-0.05, 0) is 6.42 Å². The Balaban J connectivity index is 2.28. The van der Waals surface area contributed by atoms with Crippen molar-refractivity contribution in [2.45, 2.75) is 45.6 Å². The molecule has 1 aliphatic rings. The van der Waals surface area contributed by atoms with Crippen LogP contribution in [0.4, 0.5) is 0 Å². The van der Waals surface area contributed by atoms with Crippen LogP contribution in [0.1, 0.15) is 39.5 Å². The predicted octanol–water partition coefficient (Wildman–Crippen LogP) is 2.13. The number of hydrogen-bond donors (Lipinski definition) is 0. The maximum absolute atomic E-state index is 10.8. The van der Waals surface area contributed by atoms with Crippen molar-refractivity contribution in [3.05, 3.63) is 0 Å². The predicted molar refractivity (Wildman–Crippen MR) is 43.2 cm³/mol. The van der Waals surface area contributed by atoms with Crippen LogP contribution in [0.15, 0.2) is 0 Å². The summed E-state index contributed by atoms with van der Waals surface area (Å²) >= 11 is 0. The van der Waals surface area contributed by atoms with Crippen LogP contribution < -0.4 is 0 Å². The van der Waals surface area contributed by atoms with E-state index in [1.807, 2.05) is 0 Å². The molecular formula is C9H16O2. The van der Waals surface area contributed by atoms with Crippen molar-refractivity contribution in [3.63, 3.8) is 0 Å². The first-order chi connectivity index (χ1) is 5.24. The van der Waals surface area contributed by atoms with Crippen LogP contribution in [0, 0.1) is 5.92 Å². The molecule has 2 atom stereocenters. The van der Waals surface area contributed by atoms with Crippen LogP contribution in [-0.2, 0) is 9.53 Å². The summed E-state index contributed by atoms with van der Waals surface area (Å²) < 4.78 is 5.14. The fraction of sp³-hybridized carbons (Fsp3) is 0.889. The van der Waals surface area contributed by atoms with Crippen LogP contribution in [-0.4, -0.2) is 12.1 Å². The molecule has 64 valence electrons. The van der Waals surface area contributed by atoms with Gasteiger partial charge < -0.3 is 4.74 Å². The number of cyclic esters (lactones) is 1. The summed E-state index contributed by atoms with van der Waals surface area (Å²) in [6.07, 6.45) is 4.23. The highest BCUT2D eigenvalue weighted by molar-refractivity contribution is 5.71. The van der Waals surface area contributed by atoms with E-state index in [2.05, 4.69) is 13.8 Å². The molecule has 0 amide bonds. The fourth-order valence-corrected chi connectivity index (χ4v) is 1.48. The molecule has 0 aliphatic carbocycles. The Morgan fingerprint density at radius 3 is 2.82 bits per heavy atom. The second-order valence-corrected chi connectivity index (χ2v) is 3.35. The lowest BCUT2D eigenvalue weighted by molar-refractivity contribution is -0.141. The van der Waals surface area contributed by atoms with Crippen molar-refractivity contribution in [3.8, 4) is 0 Å². The molecule has 2 heteroatoms.